The normalized spacial score (nSPS) is 53.4. The molecule has 0 bridgehead atoms. The second-order valence-electron chi connectivity index (χ2n) is 6.90. The maximum absolute atomic E-state index is 9.20. The van der Waals surface area contributed by atoms with E-state index in [1.165, 1.54) is 0 Å². The summed E-state index contributed by atoms with van der Waals surface area (Å²) < 4.78 is 0. The Kier molecular flexibility index (Phi) is 2.19. The minimum absolute atomic E-state index is 1.11. The highest BCUT2D eigenvalue weighted by molar-refractivity contribution is 5.98. The lowest BCUT2D eigenvalue weighted by molar-refractivity contribution is -0.605. The van der Waals surface area contributed by atoms with Crippen LogP contribution in [0.25, 0.3) is 73.1 Å². The summed E-state index contributed by atoms with van der Waals surface area (Å²) >= 11 is 0. The van der Waals surface area contributed by atoms with Gasteiger partial charge >= 0.3 is 0 Å². The Balaban J connectivity index is 2.04. The molecule has 0 N–H and O–H groups in total. The van der Waals surface area contributed by atoms with Gasteiger partial charge in [0.05, 0.1) is 38.8 Å². The average molecular weight is 391 g/mol. The van der Waals surface area contributed by atoms with Crippen LogP contribution in [0.5, 0.6) is 0 Å². The van der Waals surface area contributed by atoms with Crippen LogP contribution >= 0.6 is 0 Å². The van der Waals surface area contributed by atoms with Crippen LogP contribution in [-0.2, 0) is 0 Å². The molecule has 0 radical (unpaired) electrons. The molecule has 21 nitrogen and oxygen atoms in total. The molecule has 21 heteroatoms. The van der Waals surface area contributed by atoms with E-state index < -0.39 is 44.7 Å². The standard InChI is InChI=1S/C8HN21/c9-23-16-2-1-3(17-24-10)5(2,19-26-12)8(22-29-15)6(2,20-27-13)4(1,18-25-11)7(3,8)21-28-14/h1H. The van der Waals surface area contributed by atoms with Gasteiger partial charge in [-0.1, -0.05) is 35.8 Å². The molecule has 6 aliphatic rings. The zero-order chi connectivity index (χ0) is 21.0. The van der Waals surface area contributed by atoms with Crippen molar-refractivity contribution in [3.63, 3.8) is 0 Å². The molecule has 0 aliphatic heterocycles. The van der Waals surface area contributed by atoms with Crippen molar-refractivity contribution in [3.8, 4) is 0 Å². The molecule has 0 atom stereocenters. The SMILES string of the molecule is [N-]=[N+]=NC12C3C4(N=[N+]=[N-])C1(N=[N+]=[N-])C1(N=[N+]=[N-])C2(N=[N+]=[N-])C3(N=[N+]=[N-])C41N=[N+]=[N-]. The van der Waals surface area contributed by atoms with Crippen LogP contribution < -0.4 is 0 Å². The maximum atomic E-state index is 9.20. The molecule has 6 aliphatic carbocycles. The topological polar surface area (TPSA) is 341 Å². The summed E-state index contributed by atoms with van der Waals surface area (Å²) in [4.78, 5) is 19.0. The van der Waals surface area contributed by atoms with E-state index in [0.29, 0.717) is 0 Å². The molecule has 0 unspecified atom stereocenters. The van der Waals surface area contributed by atoms with Gasteiger partial charge < -0.3 is 0 Å². The monoisotopic (exact) mass is 391 g/mol. The number of hydrogen-bond acceptors (Lipinski definition) is 7. The van der Waals surface area contributed by atoms with Crippen molar-refractivity contribution in [2.75, 3.05) is 0 Å². The van der Waals surface area contributed by atoms with Crippen molar-refractivity contribution in [2.45, 2.75) is 38.8 Å². The summed E-state index contributed by atoms with van der Waals surface area (Å²) in [7, 11) is 0. The van der Waals surface area contributed by atoms with E-state index in [-0.39, 0.29) is 0 Å². The van der Waals surface area contributed by atoms with Gasteiger partial charge in [-0.15, -0.1) is 0 Å². The van der Waals surface area contributed by atoms with Crippen LogP contribution in [0.2, 0.25) is 0 Å². The first-order chi connectivity index (χ1) is 14.0. The highest BCUT2D eigenvalue weighted by Gasteiger charge is 3.35. The number of rotatable bonds is 7. The molecule has 6 fully saturated rings. The minimum Gasteiger partial charge on any atom is -0.0854 e. The van der Waals surface area contributed by atoms with E-state index in [1.807, 2.05) is 0 Å². The Morgan fingerprint density at radius 3 is 0.862 bits per heavy atom. The summed E-state index contributed by atoms with van der Waals surface area (Å²) in [5, 5.41) is 25.7. The predicted octanol–water partition coefficient (Wildman–Crippen LogP) is 4.01. The lowest BCUT2D eigenvalue weighted by Crippen LogP contribution is -3.44. The molecule has 0 saturated heterocycles. The number of hydrogen-bond donors (Lipinski definition) is 0. The van der Waals surface area contributed by atoms with Crippen LogP contribution in [0.1, 0.15) is 0 Å². The third-order valence-electron chi connectivity index (χ3n) is 7.52. The molecular formula is C8HN21. The zero-order valence-corrected chi connectivity index (χ0v) is 13.5. The van der Waals surface area contributed by atoms with E-state index in [4.69, 9.17) is 16.6 Å². The van der Waals surface area contributed by atoms with Gasteiger partial charge in [-0.2, -0.15) is 0 Å². The van der Waals surface area contributed by atoms with Crippen molar-refractivity contribution in [1.29, 1.82) is 0 Å². The quantitative estimate of drug-likeness (QED) is 0.337. The van der Waals surface area contributed by atoms with Gasteiger partial charge in [0, 0.05) is 34.4 Å². The summed E-state index contributed by atoms with van der Waals surface area (Å²) in [5.74, 6) is -1.11. The molecule has 0 aromatic carbocycles. The fourth-order valence-corrected chi connectivity index (χ4v) is 7.82. The zero-order valence-electron chi connectivity index (χ0n) is 13.5. The van der Waals surface area contributed by atoms with E-state index in [1.54, 1.807) is 0 Å². The van der Waals surface area contributed by atoms with Gasteiger partial charge in [0.1, 0.15) is 0 Å². The van der Waals surface area contributed by atoms with Crippen molar-refractivity contribution in [3.05, 3.63) is 73.1 Å². The summed E-state index contributed by atoms with van der Waals surface area (Å²) in [5.41, 5.74) is 50.5. The number of azide groups is 7. The van der Waals surface area contributed by atoms with E-state index in [0.717, 1.165) is 0 Å². The highest BCUT2D eigenvalue weighted by Crippen LogP contribution is 3.15. The molecule has 0 spiro atoms. The van der Waals surface area contributed by atoms with E-state index >= 15 is 0 Å². The Bertz CT molecular complexity index is 1130. The average Bonchev–Trinajstić information content (AvgIpc) is 2.69. The Morgan fingerprint density at radius 2 is 0.621 bits per heavy atom. The molecule has 0 aromatic heterocycles. The predicted molar refractivity (Wildman–Crippen MR) is 86.6 cm³/mol. The van der Waals surface area contributed by atoms with Crippen LogP contribution in [-0.4, -0.2) is 38.8 Å². The van der Waals surface area contributed by atoms with Crippen LogP contribution in [0.3, 0.4) is 0 Å². The van der Waals surface area contributed by atoms with Gasteiger partial charge in [0.15, 0.2) is 0 Å². The highest BCUT2D eigenvalue weighted by atomic mass is 15.7. The lowest BCUT2D eigenvalue weighted by atomic mass is 8.84. The fraction of sp³-hybridized carbons (Fsp3) is 1.00. The smallest absolute Gasteiger partial charge is 0.0854 e. The molecule has 6 saturated carbocycles. The first-order valence-electron chi connectivity index (χ1n) is 7.48. The van der Waals surface area contributed by atoms with Gasteiger partial charge in [0.25, 0.3) is 0 Å². The van der Waals surface area contributed by atoms with Crippen molar-refractivity contribution in [1.82, 2.24) is 0 Å². The molecule has 6 rings (SSSR count). The Labute approximate surface area is 154 Å². The van der Waals surface area contributed by atoms with Crippen LogP contribution in [0.15, 0.2) is 35.8 Å². The molecule has 138 valence electrons. The lowest BCUT2D eigenvalue weighted by Gasteiger charge is -3.22. The van der Waals surface area contributed by atoms with E-state index in [2.05, 4.69) is 70.2 Å². The van der Waals surface area contributed by atoms with Gasteiger partial charge in [-0.3, -0.25) is 0 Å². The van der Waals surface area contributed by atoms with E-state index in [9.17, 15) is 22.1 Å². The second kappa shape index (κ2) is 3.88. The molecule has 0 aromatic rings. The first kappa shape index (κ1) is 16.4. The van der Waals surface area contributed by atoms with Crippen molar-refractivity contribution < 1.29 is 0 Å². The fourth-order valence-electron chi connectivity index (χ4n) is 7.82. The van der Waals surface area contributed by atoms with Crippen LogP contribution in [0, 0.1) is 5.92 Å². The third kappa shape index (κ3) is 0.696. The Hall–Kier alpha value is -4.83. The molecular weight excluding hydrogens is 390 g/mol. The van der Waals surface area contributed by atoms with Crippen molar-refractivity contribution >= 4 is 0 Å². The van der Waals surface area contributed by atoms with Crippen LogP contribution in [0.4, 0.5) is 0 Å². The minimum atomic E-state index is -2.10. The first-order valence-corrected chi connectivity index (χ1v) is 7.48. The summed E-state index contributed by atoms with van der Waals surface area (Å²) in [6.07, 6.45) is 0. The maximum Gasteiger partial charge on any atom is 0.0867 e. The molecule has 0 heterocycles. The second-order valence-corrected chi connectivity index (χ2v) is 6.90. The van der Waals surface area contributed by atoms with Gasteiger partial charge in [0.2, 0.25) is 0 Å². The number of nitrogens with zero attached hydrogens (tertiary/aromatic N) is 21. The molecule has 29 heavy (non-hydrogen) atoms. The summed E-state index contributed by atoms with van der Waals surface area (Å²) in [6, 6.07) is 0. The van der Waals surface area contributed by atoms with Gasteiger partial charge in [-0.05, 0) is 44.6 Å². The molecule has 0 amide bonds. The largest absolute Gasteiger partial charge is 0.0867 e. The van der Waals surface area contributed by atoms with Gasteiger partial charge in [-0.25, -0.2) is 0 Å². The Morgan fingerprint density at radius 1 is 0.379 bits per heavy atom. The summed E-state index contributed by atoms with van der Waals surface area (Å²) in [6.45, 7) is 0. The van der Waals surface area contributed by atoms with Crippen molar-refractivity contribution in [2.24, 2.45) is 41.7 Å². The third-order valence-corrected chi connectivity index (χ3v) is 7.52.